The summed E-state index contributed by atoms with van der Waals surface area (Å²) in [5.74, 6) is -0.797. The fourth-order valence-corrected chi connectivity index (χ4v) is 4.15. The standard InChI is InChI=1S/C26H24N2O5/c1-16-22(25(30)32-3)24(27-26(31)28(16)15-18-9-5-4-6-10-18)23-20-12-8-7-11-19(20)13-14-21(23)33-17(2)29/h4-14,24H,15H2,1-3H3,(H,27,31). The molecule has 33 heavy (non-hydrogen) atoms. The van der Waals surface area contributed by atoms with E-state index in [4.69, 9.17) is 9.47 Å². The lowest BCUT2D eigenvalue weighted by molar-refractivity contribution is -0.136. The summed E-state index contributed by atoms with van der Waals surface area (Å²) in [5, 5.41) is 4.58. The monoisotopic (exact) mass is 444 g/mol. The number of ether oxygens (including phenoxy) is 2. The van der Waals surface area contributed by atoms with Gasteiger partial charge in [0.25, 0.3) is 0 Å². The molecule has 0 saturated heterocycles. The first-order valence-corrected chi connectivity index (χ1v) is 10.5. The fourth-order valence-electron chi connectivity index (χ4n) is 4.15. The molecule has 7 nitrogen and oxygen atoms in total. The van der Waals surface area contributed by atoms with Crippen LogP contribution in [0.2, 0.25) is 0 Å². The van der Waals surface area contributed by atoms with Crippen LogP contribution in [0.1, 0.15) is 31.0 Å². The maximum atomic E-state index is 13.2. The van der Waals surface area contributed by atoms with E-state index in [0.717, 1.165) is 16.3 Å². The lowest BCUT2D eigenvalue weighted by Crippen LogP contribution is -2.47. The zero-order valence-corrected chi connectivity index (χ0v) is 18.6. The molecule has 7 heteroatoms. The normalized spacial score (nSPS) is 15.9. The molecular weight excluding hydrogens is 420 g/mol. The van der Waals surface area contributed by atoms with Crippen molar-refractivity contribution in [3.8, 4) is 5.75 Å². The largest absolute Gasteiger partial charge is 0.466 e. The van der Waals surface area contributed by atoms with Crippen LogP contribution in [0.4, 0.5) is 4.79 Å². The number of fused-ring (bicyclic) bond motifs is 1. The molecule has 1 aliphatic heterocycles. The molecule has 0 spiro atoms. The van der Waals surface area contributed by atoms with Crippen LogP contribution in [-0.4, -0.2) is 30.0 Å². The van der Waals surface area contributed by atoms with Crippen LogP contribution < -0.4 is 10.1 Å². The first-order chi connectivity index (χ1) is 15.9. The average Bonchev–Trinajstić information content (AvgIpc) is 2.81. The lowest BCUT2D eigenvalue weighted by atomic mass is 9.90. The molecule has 1 heterocycles. The fraction of sp³-hybridized carbons (Fsp3) is 0.192. The van der Waals surface area contributed by atoms with Crippen LogP contribution in [0.3, 0.4) is 0 Å². The topological polar surface area (TPSA) is 84.9 Å². The number of urea groups is 1. The number of benzene rings is 3. The number of carbonyl (C=O) groups excluding carboxylic acids is 3. The number of amides is 2. The quantitative estimate of drug-likeness (QED) is 0.463. The van der Waals surface area contributed by atoms with Gasteiger partial charge in [-0.25, -0.2) is 9.59 Å². The van der Waals surface area contributed by atoms with Crippen molar-refractivity contribution in [1.82, 2.24) is 10.2 Å². The Morgan fingerprint density at radius 2 is 1.70 bits per heavy atom. The molecule has 1 atom stereocenters. The summed E-state index contributed by atoms with van der Waals surface area (Å²) in [6.07, 6.45) is 0. The Bertz CT molecular complexity index is 1270. The van der Waals surface area contributed by atoms with Gasteiger partial charge < -0.3 is 14.8 Å². The Hall–Kier alpha value is -4.13. The van der Waals surface area contributed by atoms with Crippen LogP contribution >= 0.6 is 0 Å². The van der Waals surface area contributed by atoms with Gasteiger partial charge in [0.05, 0.1) is 25.3 Å². The summed E-state index contributed by atoms with van der Waals surface area (Å²) in [7, 11) is 1.30. The van der Waals surface area contributed by atoms with E-state index in [2.05, 4.69) is 5.32 Å². The summed E-state index contributed by atoms with van der Waals surface area (Å²) in [6.45, 7) is 3.32. The highest BCUT2D eigenvalue weighted by Gasteiger charge is 2.38. The first-order valence-electron chi connectivity index (χ1n) is 10.5. The highest BCUT2D eigenvalue weighted by atomic mass is 16.5. The van der Waals surface area contributed by atoms with Crippen molar-refractivity contribution >= 4 is 28.7 Å². The zero-order valence-electron chi connectivity index (χ0n) is 18.6. The van der Waals surface area contributed by atoms with Crippen molar-refractivity contribution in [3.05, 3.63) is 89.1 Å². The van der Waals surface area contributed by atoms with Crippen LogP contribution in [0.5, 0.6) is 5.75 Å². The number of hydrogen-bond donors (Lipinski definition) is 1. The average molecular weight is 444 g/mol. The molecule has 1 aliphatic rings. The van der Waals surface area contributed by atoms with Gasteiger partial charge in [-0.15, -0.1) is 0 Å². The van der Waals surface area contributed by atoms with Gasteiger partial charge in [0.2, 0.25) is 0 Å². The highest BCUT2D eigenvalue weighted by Crippen LogP contribution is 2.40. The van der Waals surface area contributed by atoms with Gasteiger partial charge in [-0.3, -0.25) is 9.69 Å². The lowest BCUT2D eigenvalue weighted by Gasteiger charge is -2.36. The Kier molecular flexibility index (Phi) is 6.13. The van der Waals surface area contributed by atoms with Gasteiger partial charge in [-0.05, 0) is 29.3 Å². The molecule has 0 aliphatic carbocycles. The molecule has 1 N–H and O–H groups in total. The Morgan fingerprint density at radius 3 is 2.39 bits per heavy atom. The van der Waals surface area contributed by atoms with Gasteiger partial charge in [0.15, 0.2) is 0 Å². The van der Waals surface area contributed by atoms with Crippen molar-refractivity contribution < 1.29 is 23.9 Å². The number of rotatable bonds is 5. The number of allylic oxidation sites excluding steroid dienone is 1. The van der Waals surface area contributed by atoms with Gasteiger partial charge in [-0.2, -0.15) is 0 Å². The predicted octanol–water partition coefficient (Wildman–Crippen LogP) is 4.48. The van der Waals surface area contributed by atoms with E-state index in [1.807, 2.05) is 60.7 Å². The molecule has 168 valence electrons. The minimum absolute atomic E-state index is 0.275. The molecule has 1 unspecified atom stereocenters. The molecule has 0 radical (unpaired) electrons. The van der Waals surface area contributed by atoms with E-state index in [1.54, 1.807) is 13.0 Å². The summed E-state index contributed by atoms with van der Waals surface area (Å²) in [5.41, 5.74) is 2.19. The van der Waals surface area contributed by atoms with Gasteiger partial charge >= 0.3 is 18.0 Å². The van der Waals surface area contributed by atoms with Gasteiger partial charge in [-0.1, -0.05) is 60.7 Å². The summed E-state index contributed by atoms with van der Waals surface area (Å²) < 4.78 is 10.6. The van der Waals surface area contributed by atoms with E-state index >= 15 is 0 Å². The van der Waals surface area contributed by atoms with E-state index in [-0.39, 0.29) is 23.9 Å². The number of hydrogen-bond acceptors (Lipinski definition) is 5. The molecular formula is C26H24N2O5. The third-order valence-electron chi connectivity index (χ3n) is 5.66. The number of carbonyl (C=O) groups is 3. The summed E-state index contributed by atoms with van der Waals surface area (Å²) in [4.78, 5) is 39.5. The van der Waals surface area contributed by atoms with Crippen molar-refractivity contribution in [2.75, 3.05) is 7.11 Å². The Labute approximate surface area is 191 Å². The minimum atomic E-state index is -0.863. The second-order valence-corrected chi connectivity index (χ2v) is 7.74. The molecule has 0 fully saturated rings. The van der Waals surface area contributed by atoms with Gasteiger partial charge in [0, 0.05) is 18.2 Å². The van der Waals surface area contributed by atoms with E-state index in [9.17, 15) is 14.4 Å². The second kappa shape index (κ2) is 9.16. The van der Waals surface area contributed by atoms with E-state index < -0.39 is 18.0 Å². The minimum Gasteiger partial charge on any atom is -0.466 e. The molecule has 0 aromatic heterocycles. The van der Waals surface area contributed by atoms with E-state index in [1.165, 1.54) is 18.9 Å². The number of esters is 2. The van der Waals surface area contributed by atoms with Crippen LogP contribution in [-0.2, 0) is 20.9 Å². The van der Waals surface area contributed by atoms with Gasteiger partial charge in [0.1, 0.15) is 5.75 Å². The third-order valence-corrected chi connectivity index (χ3v) is 5.66. The first kappa shape index (κ1) is 22.1. The molecule has 3 aromatic rings. The smallest absolute Gasteiger partial charge is 0.337 e. The molecule has 3 aromatic carbocycles. The maximum Gasteiger partial charge on any atom is 0.337 e. The molecule has 4 rings (SSSR count). The zero-order chi connectivity index (χ0) is 23.5. The molecule has 0 saturated carbocycles. The SMILES string of the molecule is COC(=O)C1=C(C)N(Cc2ccccc2)C(=O)NC1c1c(OC(C)=O)ccc2ccccc12. The maximum absolute atomic E-state index is 13.2. The van der Waals surface area contributed by atoms with Crippen molar-refractivity contribution in [1.29, 1.82) is 0 Å². The van der Waals surface area contributed by atoms with Crippen molar-refractivity contribution in [2.45, 2.75) is 26.4 Å². The molecule has 0 bridgehead atoms. The van der Waals surface area contributed by atoms with Crippen molar-refractivity contribution in [3.63, 3.8) is 0 Å². The highest BCUT2D eigenvalue weighted by molar-refractivity contribution is 5.98. The number of methoxy groups -OCH3 is 1. The third kappa shape index (κ3) is 4.30. The van der Waals surface area contributed by atoms with E-state index in [0.29, 0.717) is 11.3 Å². The van der Waals surface area contributed by atoms with Crippen LogP contribution in [0.25, 0.3) is 10.8 Å². The Balaban J connectivity index is 1.90. The second-order valence-electron chi connectivity index (χ2n) is 7.74. The number of nitrogens with one attached hydrogen (secondary N) is 1. The number of nitrogens with zero attached hydrogens (tertiary/aromatic N) is 1. The predicted molar refractivity (Wildman–Crippen MR) is 123 cm³/mol. The van der Waals surface area contributed by atoms with Crippen LogP contribution in [0, 0.1) is 0 Å². The summed E-state index contributed by atoms with van der Waals surface area (Å²) >= 11 is 0. The Morgan fingerprint density at radius 1 is 1.00 bits per heavy atom. The summed E-state index contributed by atoms with van der Waals surface area (Å²) in [6, 6.07) is 19.3. The van der Waals surface area contributed by atoms with Crippen molar-refractivity contribution in [2.24, 2.45) is 0 Å². The van der Waals surface area contributed by atoms with Crippen LogP contribution in [0.15, 0.2) is 78.0 Å². The molecule has 2 amide bonds.